The first-order chi connectivity index (χ1) is 26.1. The van der Waals surface area contributed by atoms with Crippen LogP contribution in [0.2, 0.25) is 0 Å². The molecule has 2 saturated heterocycles. The number of amides is 1. The molecule has 2 rings (SSSR count). The Kier molecular flexibility index (Phi) is 26.6. The van der Waals surface area contributed by atoms with Crippen LogP contribution in [0.3, 0.4) is 0 Å². The maximum absolute atomic E-state index is 13.0. The maximum Gasteiger partial charge on any atom is 0.220 e. The molecule has 0 radical (unpaired) electrons. The van der Waals surface area contributed by atoms with Crippen LogP contribution in [0.15, 0.2) is 0 Å². The van der Waals surface area contributed by atoms with Crippen LogP contribution in [0, 0.1) is 0 Å². The summed E-state index contributed by atoms with van der Waals surface area (Å²) in [7, 11) is 0. The second-order valence-corrected chi connectivity index (χ2v) is 15.5. The molecule has 14 nitrogen and oxygen atoms in total. The second-order valence-electron chi connectivity index (χ2n) is 15.5. The Bertz CT molecular complexity index is 930. The fourth-order valence-electron chi connectivity index (χ4n) is 7.23. The van der Waals surface area contributed by atoms with E-state index in [1.165, 1.54) is 77.0 Å². The quantitative estimate of drug-likeness (QED) is 0.0462. The molecule has 0 aromatic carbocycles. The zero-order valence-electron chi connectivity index (χ0n) is 33.2. The molecular formula is C40H77NO13. The number of carbonyl (C=O) groups excluding carboxylic acids is 1. The Morgan fingerprint density at radius 3 is 1.57 bits per heavy atom. The number of carbonyl (C=O) groups is 1. The summed E-state index contributed by atoms with van der Waals surface area (Å²) in [6, 6.07) is -0.817. The molecule has 2 aliphatic rings. The van der Waals surface area contributed by atoms with E-state index in [1.807, 2.05) is 0 Å². The predicted octanol–water partition coefficient (Wildman–Crippen LogP) is 3.09. The lowest BCUT2D eigenvalue weighted by molar-refractivity contribution is -0.359. The highest BCUT2D eigenvalue weighted by Crippen LogP contribution is 2.30. The van der Waals surface area contributed by atoms with E-state index in [-0.39, 0.29) is 12.5 Å². The van der Waals surface area contributed by atoms with E-state index in [0.717, 1.165) is 51.4 Å². The van der Waals surface area contributed by atoms with Gasteiger partial charge in [0.05, 0.1) is 32.0 Å². The van der Waals surface area contributed by atoms with Crippen molar-refractivity contribution in [2.45, 2.75) is 229 Å². The molecule has 0 aromatic heterocycles. The standard InChI is InChI=1S/C40H77NO13/c1-3-5-7-9-11-13-14-16-18-20-22-24-32(45)41-28(29(44)23-21-19-17-15-12-10-8-6-4-2)27-51-39-37(50)35(48)38(31(26-43)53-39)54-40-36(49)34(47)33(46)30(25-42)52-40/h28-31,33-40,42-44,46-50H,3-27H2,1-2H3,(H,41,45). The van der Waals surface area contributed by atoms with Crippen molar-refractivity contribution in [2.24, 2.45) is 0 Å². The fraction of sp³-hybridized carbons (Fsp3) is 0.975. The first-order valence-corrected chi connectivity index (χ1v) is 21.3. The van der Waals surface area contributed by atoms with Crippen molar-refractivity contribution in [3.05, 3.63) is 0 Å². The molecular weight excluding hydrogens is 702 g/mol. The molecule has 14 heteroatoms. The van der Waals surface area contributed by atoms with Gasteiger partial charge in [0.1, 0.15) is 48.8 Å². The van der Waals surface area contributed by atoms with Crippen molar-refractivity contribution in [3.63, 3.8) is 0 Å². The third kappa shape index (κ3) is 18.1. The van der Waals surface area contributed by atoms with Gasteiger partial charge in [-0.2, -0.15) is 0 Å². The van der Waals surface area contributed by atoms with Gasteiger partial charge in [-0.3, -0.25) is 4.79 Å². The molecule has 54 heavy (non-hydrogen) atoms. The minimum absolute atomic E-state index is 0.211. The zero-order valence-corrected chi connectivity index (χ0v) is 33.2. The van der Waals surface area contributed by atoms with Crippen LogP contribution in [0.1, 0.15) is 155 Å². The summed E-state index contributed by atoms with van der Waals surface area (Å²) in [4.78, 5) is 13.0. The van der Waals surface area contributed by atoms with E-state index in [2.05, 4.69) is 19.2 Å². The van der Waals surface area contributed by atoms with E-state index in [0.29, 0.717) is 12.8 Å². The highest BCUT2D eigenvalue weighted by Gasteiger charge is 2.50. The summed E-state index contributed by atoms with van der Waals surface area (Å²) in [5.41, 5.74) is 0. The number of nitrogens with one attached hydrogen (secondary N) is 1. The van der Waals surface area contributed by atoms with E-state index < -0.39 is 86.8 Å². The minimum atomic E-state index is -1.78. The van der Waals surface area contributed by atoms with Gasteiger partial charge in [-0.25, -0.2) is 0 Å². The highest BCUT2D eigenvalue weighted by molar-refractivity contribution is 5.76. The summed E-state index contributed by atoms with van der Waals surface area (Å²) < 4.78 is 22.6. The van der Waals surface area contributed by atoms with Crippen LogP contribution in [0.4, 0.5) is 0 Å². The summed E-state index contributed by atoms with van der Waals surface area (Å²) in [5, 5.41) is 86.3. The molecule has 0 bridgehead atoms. The topological polar surface area (TPSA) is 228 Å². The zero-order chi connectivity index (χ0) is 39.7. The molecule has 12 atom stereocenters. The number of ether oxygens (including phenoxy) is 4. The lowest BCUT2D eigenvalue weighted by Gasteiger charge is -2.46. The van der Waals surface area contributed by atoms with Gasteiger partial charge in [0.25, 0.3) is 0 Å². The molecule has 0 saturated carbocycles. The Balaban J connectivity index is 1.92. The molecule has 2 heterocycles. The van der Waals surface area contributed by atoms with Crippen molar-refractivity contribution < 1.29 is 64.6 Å². The van der Waals surface area contributed by atoms with E-state index in [9.17, 15) is 45.6 Å². The highest BCUT2D eigenvalue weighted by atomic mass is 16.7. The van der Waals surface area contributed by atoms with Crippen LogP contribution >= 0.6 is 0 Å². The van der Waals surface area contributed by atoms with Crippen LogP contribution in [-0.2, 0) is 23.7 Å². The minimum Gasteiger partial charge on any atom is -0.394 e. The third-order valence-electron chi connectivity index (χ3n) is 10.8. The molecule has 2 fully saturated rings. The van der Waals surface area contributed by atoms with Gasteiger partial charge < -0.3 is 65.1 Å². The van der Waals surface area contributed by atoms with E-state index in [4.69, 9.17) is 18.9 Å². The van der Waals surface area contributed by atoms with Crippen LogP contribution in [-0.4, -0.2) is 140 Å². The normalized spacial score (nSPS) is 30.0. The van der Waals surface area contributed by atoms with Gasteiger partial charge in [0, 0.05) is 6.42 Å². The molecule has 2 aliphatic heterocycles. The molecule has 0 aliphatic carbocycles. The Morgan fingerprint density at radius 2 is 1.06 bits per heavy atom. The van der Waals surface area contributed by atoms with Crippen LogP contribution in [0.25, 0.3) is 0 Å². The van der Waals surface area contributed by atoms with Gasteiger partial charge in [0.2, 0.25) is 5.91 Å². The summed E-state index contributed by atoms with van der Waals surface area (Å²) in [6.45, 7) is 2.78. The number of rotatable bonds is 31. The van der Waals surface area contributed by atoms with Crippen molar-refractivity contribution >= 4 is 5.91 Å². The number of hydrogen-bond donors (Lipinski definition) is 9. The number of hydrogen-bond acceptors (Lipinski definition) is 13. The summed E-state index contributed by atoms with van der Waals surface area (Å²) in [5.74, 6) is -0.211. The monoisotopic (exact) mass is 780 g/mol. The molecule has 320 valence electrons. The number of aliphatic hydroxyl groups is 8. The Labute approximate surface area is 323 Å². The summed E-state index contributed by atoms with van der Waals surface area (Å²) in [6.07, 6.45) is 7.04. The number of aliphatic hydroxyl groups excluding tert-OH is 8. The third-order valence-corrected chi connectivity index (χ3v) is 10.8. The predicted molar refractivity (Wildman–Crippen MR) is 203 cm³/mol. The second kappa shape index (κ2) is 29.2. The first kappa shape index (κ1) is 49.1. The van der Waals surface area contributed by atoms with E-state index in [1.54, 1.807) is 0 Å². The van der Waals surface area contributed by atoms with Gasteiger partial charge in [0.15, 0.2) is 12.6 Å². The van der Waals surface area contributed by atoms with E-state index >= 15 is 0 Å². The maximum atomic E-state index is 13.0. The SMILES string of the molecule is CCCCCCCCCCCCCC(=O)NC(COC1OC(CO)C(OC2OC(CO)C(O)C(O)C2O)C(O)C1O)C(O)CCCCCCCCCCC. The van der Waals surface area contributed by atoms with Gasteiger partial charge >= 0.3 is 0 Å². The lowest BCUT2D eigenvalue weighted by Crippen LogP contribution is -2.65. The fourth-order valence-corrected chi connectivity index (χ4v) is 7.23. The van der Waals surface area contributed by atoms with Crippen molar-refractivity contribution in [1.29, 1.82) is 0 Å². The molecule has 12 unspecified atom stereocenters. The Morgan fingerprint density at radius 1 is 0.593 bits per heavy atom. The largest absolute Gasteiger partial charge is 0.394 e. The Hall–Kier alpha value is -1.01. The number of unbranched alkanes of at least 4 members (excludes halogenated alkanes) is 18. The van der Waals surface area contributed by atoms with Crippen LogP contribution < -0.4 is 5.32 Å². The molecule has 0 aromatic rings. The average molecular weight is 780 g/mol. The molecule has 0 spiro atoms. The van der Waals surface area contributed by atoms with Gasteiger partial charge in [-0.05, 0) is 12.8 Å². The molecule has 9 N–H and O–H groups in total. The average Bonchev–Trinajstić information content (AvgIpc) is 3.17. The first-order valence-electron chi connectivity index (χ1n) is 21.3. The smallest absolute Gasteiger partial charge is 0.220 e. The van der Waals surface area contributed by atoms with Crippen LogP contribution in [0.5, 0.6) is 0 Å². The van der Waals surface area contributed by atoms with Gasteiger partial charge in [-0.15, -0.1) is 0 Å². The van der Waals surface area contributed by atoms with Crippen molar-refractivity contribution in [3.8, 4) is 0 Å². The lowest BCUT2D eigenvalue weighted by atomic mass is 9.97. The van der Waals surface area contributed by atoms with Crippen molar-refractivity contribution in [1.82, 2.24) is 5.32 Å². The molecule has 1 amide bonds. The van der Waals surface area contributed by atoms with Crippen molar-refractivity contribution in [2.75, 3.05) is 19.8 Å². The summed E-state index contributed by atoms with van der Waals surface area (Å²) >= 11 is 0. The van der Waals surface area contributed by atoms with Gasteiger partial charge in [-0.1, -0.05) is 136 Å².